The standard InChI is InChI=1S/C21H32O2P/c1-5-6-10-13-24(23)21(11-8-7-9-12-21)20(22)19-17(3)14-16(2)15-18(19)4/h14-15H,5-13H2,1-4H3. The minimum Gasteiger partial charge on any atom is -0.293 e. The fraction of sp³-hybridized carbons (Fsp3) is 0.667. The Morgan fingerprint density at radius 2 is 1.62 bits per heavy atom. The van der Waals surface area contributed by atoms with Crippen LogP contribution in [0.25, 0.3) is 0 Å². The molecule has 1 aromatic rings. The van der Waals surface area contributed by atoms with E-state index in [4.69, 9.17) is 0 Å². The minimum atomic E-state index is -1.49. The summed E-state index contributed by atoms with van der Waals surface area (Å²) in [4.78, 5) is 13.6. The van der Waals surface area contributed by atoms with Crippen LogP contribution in [0.5, 0.6) is 0 Å². The van der Waals surface area contributed by atoms with Gasteiger partial charge in [0.2, 0.25) is 0 Å². The molecule has 1 fully saturated rings. The predicted molar refractivity (Wildman–Crippen MR) is 103 cm³/mol. The Labute approximate surface area is 148 Å². The van der Waals surface area contributed by atoms with E-state index in [1.807, 2.05) is 13.8 Å². The van der Waals surface area contributed by atoms with E-state index < -0.39 is 13.0 Å². The number of hydrogen-bond donors (Lipinski definition) is 0. The third kappa shape index (κ3) is 3.97. The summed E-state index contributed by atoms with van der Waals surface area (Å²) < 4.78 is 13.2. The third-order valence-corrected chi connectivity index (χ3v) is 7.78. The van der Waals surface area contributed by atoms with Gasteiger partial charge in [-0.15, -0.1) is 0 Å². The monoisotopic (exact) mass is 347 g/mol. The number of carbonyl (C=O) groups excluding carboxylic acids is 1. The maximum absolute atomic E-state index is 13.6. The first-order valence-corrected chi connectivity index (χ1v) is 10.9. The predicted octanol–water partition coefficient (Wildman–Crippen LogP) is 6.52. The van der Waals surface area contributed by atoms with E-state index >= 15 is 0 Å². The van der Waals surface area contributed by atoms with Crippen LogP contribution >= 0.6 is 7.80 Å². The van der Waals surface area contributed by atoms with Crippen molar-refractivity contribution in [1.29, 1.82) is 0 Å². The number of Topliss-reactive ketones (excluding diaryl/α,β-unsaturated/α-hetero) is 1. The molecule has 0 amide bonds. The first-order valence-electron chi connectivity index (χ1n) is 9.50. The van der Waals surface area contributed by atoms with Gasteiger partial charge in [0.05, 0.1) is 7.80 Å². The number of aryl methyl sites for hydroxylation is 3. The molecule has 24 heavy (non-hydrogen) atoms. The smallest absolute Gasteiger partial charge is 0.180 e. The first-order chi connectivity index (χ1) is 11.4. The van der Waals surface area contributed by atoms with Crippen LogP contribution in [0.1, 0.15) is 85.3 Å². The molecule has 0 N–H and O–H groups in total. The van der Waals surface area contributed by atoms with Gasteiger partial charge in [0.15, 0.2) is 5.78 Å². The number of hydrogen-bond acceptors (Lipinski definition) is 2. The van der Waals surface area contributed by atoms with Crippen molar-refractivity contribution in [2.24, 2.45) is 0 Å². The molecule has 1 aliphatic carbocycles. The van der Waals surface area contributed by atoms with E-state index in [9.17, 15) is 9.36 Å². The van der Waals surface area contributed by atoms with Crippen LogP contribution in [-0.2, 0) is 4.57 Å². The maximum Gasteiger partial charge on any atom is 0.180 e. The highest BCUT2D eigenvalue weighted by Gasteiger charge is 2.46. The lowest BCUT2D eigenvalue weighted by Crippen LogP contribution is -2.38. The van der Waals surface area contributed by atoms with Gasteiger partial charge in [-0.25, -0.2) is 0 Å². The van der Waals surface area contributed by atoms with E-state index in [0.717, 1.165) is 61.6 Å². The highest BCUT2D eigenvalue weighted by Crippen LogP contribution is 2.52. The second-order valence-corrected chi connectivity index (χ2v) is 9.56. The van der Waals surface area contributed by atoms with Gasteiger partial charge >= 0.3 is 0 Å². The average Bonchev–Trinajstić information content (AvgIpc) is 2.54. The van der Waals surface area contributed by atoms with Crippen molar-refractivity contribution < 1.29 is 9.36 Å². The Morgan fingerprint density at radius 3 is 2.17 bits per heavy atom. The van der Waals surface area contributed by atoms with Crippen LogP contribution in [0.15, 0.2) is 12.1 Å². The van der Waals surface area contributed by atoms with Crippen molar-refractivity contribution >= 4 is 13.6 Å². The third-order valence-electron chi connectivity index (χ3n) is 5.45. The van der Waals surface area contributed by atoms with Crippen molar-refractivity contribution in [1.82, 2.24) is 0 Å². The summed E-state index contributed by atoms with van der Waals surface area (Å²) in [5, 5.41) is -0.605. The lowest BCUT2D eigenvalue weighted by Gasteiger charge is -2.35. The zero-order chi connectivity index (χ0) is 17.7. The van der Waals surface area contributed by atoms with Gasteiger partial charge in [-0.05, 0) is 51.2 Å². The number of rotatable bonds is 7. The van der Waals surface area contributed by atoms with Crippen molar-refractivity contribution in [3.8, 4) is 0 Å². The summed E-state index contributed by atoms with van der Waals surface area (Å²) >= 11 is 0. The normalized spacial score (nSPS) is 17.6. The van der Waals surface area contributed by atoms with E-state index in [1.165, 1.54) is 12.0 Å². The Hall–Kier alpha value is -1.01. The fourth-order valence-corrected chi connectivity index (χ4v) is 6.31. The SMILES string of the molecule is CCCCC[P](=O)C1(C(=O)c2c(C)cc(C)cc2C)CCCCC1. The Bertz CT molecular complexity index is 589. The minimum absolute atomic E-state index is 0.162. The lowest BCUT2D eigenvalue weighted by atomic mass is 9.80. The molecule has 0 heterocycles. The van der Waals surface area contributed by atoms with Crippen LogP contribution in [0.3, 0.4) is 0 Å². The Balaban J connectivity index is 2.37. The molecule has 0 saturated heterocycles. The molecule has 1 saturated carbocycles. The van der Waals surface area contributed by atoms with E-state index in [1.54, 1.807) is 0 Å². The van der Waals surface area contributed by atoms with Gasteiger partial charge < -0.3 is 0 Å². The molecular formula is C21H32O2P. The molecule has 1 aliphatic rings. The number of ketones is 1. The van der Waals surface area contributed by atoms with E-state index in [-0.39, 0.29) is 5.78 Å². The molecular weight excluding hydrogens is 315 g/mol. The van der Waals surface area contributed by atoms with Crippen molar-refractivity contribution in [2.45, 2.75) is 84.2 Å². The number of carbonyl (C=O) groups is 1. The van der Waals surface area contributed by atoms with Gasteiger partial charge in [0.1, 0.15) is 5.16 Å². The summed E-state index contributed by atoms with van der Waals surface area (Å²) in [7, 11) is -1.49. The molecule has 1 atom stereocenters. The van der Waals surface area contributed by atoms with Crippen LogP contribution in [0.2, 0.25) is 0 Å². The molecule has 133 valence electrons. The molecule has 2 rings (SSSR count). The van der Waals surface area contributed by atoms with Crippen molar-refractivity contribution in [2.75, 3.05) is 6.16 Å². The van der Waals surface area contributed by atoms with Crippen LogP contribution in [0.4, 0.5) is 0 Å². The highest BCUT2D eigenvalue weighted by molar-refractivity contribution is 7.48. The van der Waals surface area contributed by atoms with E-state index in [0.29, 0.717) is 6.16 Å². The van der Waals surface area contributed by atoms with Gasteiger partial charge in [0, 0.05) is 11.7 Å². The average molecular weight is 347 g/mol. The Morgan fingerprint density at radius 1 is 1.04 bits per heavy atom. The van der Waals surface area contributed by atoms with E-state index in [2.05, 4.69) is 26.0 Å². The maximum atomic E-state index is 13.6. The summed E-state index contributed by atoms with van der Waals surface area (Å²) in [5.41, 5.74) is 4.10. The quantitative estimate of drug-likeness (QED) is 0.320. The molecule has 0 spiro atoms. The molecule has 2 nitrogen and oxygen atoms in total. The van der Waals surface area contributed by atoms with Gasteiger partial charge in [-0.2, -0.15) is 0 Å². The highest BCUT2D eigenvalue weighted by atomic mass is 31.1. The van der Waals surface area contributed by atoms with Crippen molar-refractivity contribution in [3.05, 3.63) is 34.4 Å². The largest absolute Gasteiger partial charge is 0.293 e. The molecule has 3 heteroatoms. The fourth-order valence-electron chi connectivity index (χ4n) is 4.22. The second kappa shape index (κ2) is 8.39. The van der Waals surface area contributed by atoms with Crippen LogP contribution in [-0.4, -0.2) is 17.1 Å². The van der Waals surface area contributed by atoms with Gasteiger partial charge in [-0.3, -0.25) is 9.36 Å². The number of benzene rings is 1. The van der Waals surface area contributed by atoms with Gasteiger partial charge in [-0.1, -0.05) is 56.7 Å². The first kappa shape index (κ1) is 19.3. The van der Waals surface area contributed by atoms with Crippen LogP contribution in [0, 0.1) is 20.8 Å². The lowest BCUT2D eigenvalue weighted by molar-refractivity contribution is 0.0911. The van der Waals surface area contributed by atoms with Gasteiger partial charge in [0.25, 0.3) is 0 Å². The molecule has 0 aliphatic heterocycles. The molecule has 0 bridgehead atoms. The summed E-state index contributed by atoms with van der Waals surface area (Å²) in [6.45, 7) is 8.27. The molecule has 1 unspecified atom stereocenters. The molecule has 1 aromatic carbocycles. The summed E-state index contributed by atoms with van der Waals surface area (Å²) in [6, 6.07) is 4.17. The van der Waals surface area contributed by atoms with Crippen LogP contribution < -0.4 is 0 Å². The molecule has 1 radical (unpaired) electrons. The summed E-state index contributed by atoms with van der Waals surface area (Å²) in [6.07, 6.45) is 8.76. The van der Waals surface area contributed by atoms with Crippen molar-refractivity contribution in [3.63, 3.8) is 0 Å². The number of unbranched alkanes of at least 4 members (excludes halogenated alkanes) is 2. The molecule has 0 aromatic heterocycles. The zero-order valence-corrected chi connectivity index (χ0v) is 16.7. The topological polar surface area (TPSA) is 34.1 Å². The summed E-state index contributed by atoms with van der Waals surface area (Å²) in [5.74, 6) is 0.162. The second-order valence-electron chi connectivity index (χ2n) is 7.50. The zero-order valence-electron chi connectivity index (χ0n) is 15.8. The Kier molecular flexibility index (Phi) is 6.75.